The molecule has 18 heavy (non-hydrogen) atoms. The van der Waals surface area contributed by atoms with Crippen LogP contribution < -0.4 is 15.2 Å². The van der Waals surface area contributed by atoms with Gasteiger partial charge in [-0.2, -0.15) is 0 Å². The molecule has 0 bridgehead atoms. The molecule has 0 radical (unpaired) electrons. The second-order valence-corrected chi connectivity index (χ2v) is 4.61. The van der Waals surface area contributed by atoms with E-state index >= 15 is 0 Å². The molecule has 0 saturated carbocycles. The summed E-state index contributed by atoms with van der Waals surface area (Å²) in [5.41, 5.74) is 8.71. The van der Waals surface area contributed by atoms with Crippen molar-refractivity contribution in [2.45, 2.75) is 31.7 Å². The Kier molecular flexibility index (Phi) is 4.26. The normalized spacial score (nSPS) is 16.9. The van der Waals surface area contributed by atoms with Crippen molar-refractivity contribution in [3.63, 3.8) is 0 Å². The van der Waals surface area contributed by atoms with Gasteiger partial charge in [-0.05, 0) is 37.8 Å². The second kappa shape index (κ2) is 5.91. The molecule has 0 amide bonds. The number of benzene rings is 1. The summed E-state index contributed by atoms with van der Waals surface area (Å²) in [4.78, 5) is 0. The van der Waals surface area contributed by atoms with Gasteiger partial charge in [0.2, 0.25) is 0 Å². The first-order valence-electron chi connectivity index (χ1n) is 6.42. The van der Waals surface area contributed by atoms with Gasteiger partial charge in [-0.25, -0.2) is 0 Å². The number of nitrogens with two attached hydrogens (primary N) is 1. The molecule has 1 unspecified atom stereocenters. The van der Waals surface area contributed by atoms with Gasteiger partial charge in [-0.3, -0.25) is 0 Å². The Morgan fingerprint density at radius 1 is 1.17 bits per heavy atom. The maximum atomic E-state index is 6.35. The van der Waals surface area contributed by atoms with Crippen LogP contribution in [-0.4, -0.2) is 14.2 Å². The Morgan fingerprint density at radius 2 is 2.00 bits per heavy atom. The van der Waals surface area contributed by atoms with E-state index in [-0.39, 0.29) is 6.04 Å². The van der Waals surface area contributed by atoms with E-state index in [1.807, 2.05) is 18.2 Å². The number of hydrogen-bond acceptors (Lipinski definition) is 3. The van der Waals surface area contributed by atoms with Gasteiger partial charge >= 0.3 is 0 Å². The van der Waals surface area contributed by atoms with Gasteiger partial charge in [0.05, 0.1) is 20.3 Å². The van der Waals surface area contributed by atoms with Crippen LogP contribution in [0.3, 0.4) is 0 Å². The van der Waals surface area contributed by atoms with Crippen LogP contribution in [-0.2, 0) is 0 Å². The zero-order valence-corrected chi connectivity index (χ0v) is 11.1. The molecule has 3 nitrogen and oxygen atoms in total. The molecular weight excluding hydrogens is 226 g/mol. The first-order valence-corrected chi connectivity index (χ1v) is 6.42. The van der Waals surface area contributed by atoms with E-state index in [9.17, 15) is 0 Å². The van der Waals surface area contributed by atoms with Gasteiger partial charge < -0.3 is 15.2 Å². The summed E-state index contributed by atoms with van der Waals surface area (Å²) in [6.45, 7) is 0. The third-order valence-electron chi connectivity index (χ3n) is 3.50. The number of allylic oxidation sites excluding steroid dienone is 1. The highest BCUT2D eigenvalue weighted by atomic mass is 16.5. The topological polar surface area (TPSA) is 44.5 Å². The first-order chi connectivity index (χ1) is 8.76. The summed E-state index contributed by atoms with van der Waals surface area (Å²) in [5, 5.41) is 0. The van der Waals surface area contributed by atoms with E-state index in [0.717, 1.165) is 29.9 Å². The fraction of sp³-hybridized carbons (Fsp3) is 0.467. The molecule has 0 fully saturated rings. The summed E-state index contributed by atoms with van der Waals surface area (Å²) in [7, 11) is 3.32. The minimum absolute atomic E-state index is 0.0637. The van der Waals surface area contributed by atoms with Gasteiger partial charge in [-0.15, -0.1) is 0 Å². The fourth-order valence-corrected chi connectivity index (χ4v) is 2.42. The van der Waals surface area contributed by atoms with Crippen LogP contribution in [0.1, 0.15) is 37.3 Å². The van der Waals surface area contributed by atoms with E-state index in [0.29, 0.717) is 0 Å². The lowest BCUT2D eigenvalue weighted by molar-refractivity contribution is 0.389. The van der Waals surface area contributed by atoms with Crippen molar-refractivity contribution < 1.29 is 9.47 Å². The maximum absolute atomic E-state index is 6.35. The van der Waals surface area contributed by atoms with Crippen LogP contribution in [0.15, 0.2) is 29.8 Å². The average Bonchev–Trinajstić information content (AvgIpc) is 2.46. The number of rotatable bonds is 4. The largest absolute Gasteiger partial charge is 0.497 e. The van der Waals surface area contributed by atoms with E-state index < -0.39 is 0 Å². The lowest BCUT2D eigenvalue weighted by atomic mass is 9.90. The first kappa shape index (κ1) is 13.0. The fourth-order valence-electron chi connectivity index (χ4n) is 2.42. The zero-order chi connectivity index (χ0) is 13.0. The molecule has 1 aliphatic rings. The Balaban J connectivity index is 2.28. The molecule has 1 aromatic rings. The van der Waals surface area contributed by atoms with Gasteiger partial charge in [0.25, 0.3) is 0 Å². The zero-order valence-electron chi connectivity index (χ0n) is 11.1. The van der Waals surface area contributed by atoms with E-state index in [1.54, 1.807) is 14.2 Å². The molecule has 1 aliphatic carbocycles. The molecule has 1 aromatic carbocycles. The van der Waals surface area contributed by atoms with Gasteiger partial charge in [0.1, 0.15) is 11.5 Å². The predicted octanol–water partition coefficient (Wildman–Crippen LogP) is 3.20. The van der Waals surface area contributed by atoms with Crippen LogP contribution in [0.5, 0.6) is 11.5 Å². The molecule has 3 heteroatoms. The molecule has 0 aromatic heterocycles. The van der Waals surface area contributed by atoms with E-state index in [1.165, 1.54) is 18.4 Å². The molecular formula is C15H21NO2. The lowest BCUT2D eigenvalue weighted by Gasteiger charge is -2.22. The minimum Gasteiger partial charge on any atom is -0.497 e. The average molecular weight is 247 g/mol. The highest BCUT2D eigenvalue weighted by Crippen LogP contribution is 2.34. The third kappa shape index (κ3) is 2.67. The molecule has 98 valence electrons. The Morgan fingerprint density at radius 3 is 2.61 bits per heavy atom. The predicted molar refractivity (Wildman–Crippen MR) is 73.0 cm³/mol. The maximum Gasteiger partial charge on any atom is 0.127 e. The summed E-state index contributed by atoms with van der Waals surface area (Å²) in [6.07, 6.45) is 7.02. The smallest absolute Gasteiger partial charge is 0.127 e. The van der Waals surface area contributed by atoms with Crippen molar-refractivity contribution in [3.8, 4) is 11.5 Å². The molecule has 0 spiro atoms. The summed E-state index contributed by atoms with van der Waals surface area (Å²) in [6, 6.07) is 5.75. The molecule has 2 rings (SSSR count). The van der Waals surface area contributed by atoms with Crippen LogP contribution in [0.2, 0.25) is 0 Å². The number of methoxy groups -OCH3 is 2. The number of hydrogen-bond donors (Lipinski definition) is 1. The van der Waals surface area contributed by atoms with Crippen LogP contribution in [0.25, 0.3) is 0 Å². The standard InChI is InChI=1S/C15H21NO2/c1-17-12-8-9-13(14(10-12)18-2)15(16)11-6-4-3-5-7-11/h6,8-10,15H,3-5,7,16H2,1-2H3. The molecule has 0 aliphatic heterocycles. The highest BCUT2D eigenvalue weighted by Gasteiger charge is 2.18. The Bertz CT molecular complexity index is 440. The summed E-state index contributed by atoms with van der Waals surface area (Å²) in [5.74, 6) is 1.59. The SMILES string of the molecule is COc1ccc(C(N)C2=CCCCC2)c(OC)c1. The Labute approximate surface area is 109 Å². The highest BCUT2D eigenvalue weighted by molar-refractivity contribution is 5.45. The van der Waals surface area contributed by atoms with Crippen molar-refractivity contribution in [3.05, 3.63) is 35.4 Å². The van der Waals surface area contributed by atoms with Gasteiger partial charge in [-0.1, -0.05) is 11.6 Å². The van der Waals surface area contributed by atoms with Crippen LogP contribution >= 0.6 is 0 Å². The van der Waals surface area contributed by atoms with Gasteiger partial charge in [0, 0.05) is 11.6 Å². The summed E-state index contributed by atoms with van der Waals surface area (Å²) < 4.78 is 10.6. The molecule has 0 heterocycles. The van der Waals surface area contributed by atoms with Crippen molar-refractivity contribution in [2.75, 3.05) is 14.2 Å². The molecule has 1 atom stereocenters. The van der Waals surface area contributed by atoms with Gasteiger partial charge in [0.15, 0.2) is 0 Å². The van der Waals surface area contributed by atoms with Crippen LogP contribution in [0, 0.1) is 0 Å². The van der Waals surface area contributed by atoms with Crippen molar-refractivity contribution in [1.82, 2.24) is 0 Å². The minimum atomic E-state index is -0.0637. The van der Waals surface area contributed by atoms with E-state index in [4.69, 9.17) is 15.2 Å². The third-order valence-corrected chi connectivity index (χ3v) is 3.50. The van der Waals surface area contributed by atoms with Crippen molar-refractivity contribution in [2.24, 2.45) is 5.73 Å². The number of ether oxygens (including phenoxy) is 2. The monoisotopic (exact) mass is 247 g/mol. The lowest BCUT2D eigenvalue weighted by Crippen LogP contribution is -2.16. The molecule has 0 saturated heterocycles. The quantitative estimate of drug-likeness (QED) is 0.831. The Hall–Kier alpha value is -1.48. The van der Waals surface area contributed by atoms with Crippen molar-refractivity contribution >= 4 is 0 Å². The molecule has 2 N–H and O–H groups in total. The van der Waals surface area contributed by atoms with Crippen molar-refractivity contribution in [1.29, 1.82) is 0 Å². The second-order valence-electron chi connectivity index (χ2n) is 4.61. The van der Waals surface area contributed by atoms with Crippen LogP contribution in [0.4, 0.5) is 0 Å². The summed E-state index contributed by atoms with van der Waals surface area (Å²) >= 11 is 0. The van der Waals surface area contributed by atoms with E-state index in [2.05, 4.69) is 6.08 Å².